The Kier molecular flexibility index (Phi) is 7.20. The molecule has 7 heteroatoms. The van der Waals surface area contributed by atoms with Crippen LogP contribution in [0, 0.1) is 29.6 Å². The number of carbonyl (C=O) groups excluding carboxylic acids is 1. The van der Waals surface area contributed by atoms with Crippen LogP contribution in [0.3, 0.4) is 0 Å². The van der Waals surface area contributed by atoms with Crippen molar-refractivity contribution in [2.75, 3.05) is 26.2 Å². The van der Waals surface area contributed by atoms with Crippen LogP contribution in [0.15, 0.2) is 0 Å². The van der Waals surface area contributed by atoms with E-state index in [2.05, 4.69) is 10.2 Å². The Balaban J connectivity index is 1.33. The highest BCUT2D eigenvalue weighted by Gasteiger charge is 2.47. The summed E-state index contributed by atoms with van der Waals surface area (Å²) in [6.07, 6.45) is 11.3. The number of nitrogens with zero attached hydrogens (tertiary/aromatic N) is 1. The lowest BCUT2D eigenvalue weighted by Gasteiger charge is -2.47. The molecule has 4 aliphatic rings. The summed E-state index contributed by atoms with van der Waals surface area (Å²) in [5.41, 5.74) is 5.93. The topological polar surface area (TPSA) is 98.8 Å². The van der Waals surface area contributed by atoms with Gasteiger partial charge in [0.05, 0.1) is 0 Å². The molecule has 0 spiro atoms. The van der Waals surface area contributed by atoms with Crippen molar-refractivity contribution in [2.45, 2.75) is 76.1 Å². The Morgan fingerprint density at radius 1 is 1.00 bits per heavy atom. The van der Waals surface area contributed by atoms with Crippen LogP contribution in [0.1, 0.15) is 64.2 Å². The molecule has 0 bridgehead atoms. The molecule has 2 saturated heterocycles. The van der Waals surface area contributed by atoms with Crippen LogP contribution in [0.25, 0.3) is 0 Å². The SMILES string of the molecule is NCC1CCCC(C2CCN(C(=O)C3CCNC4C(B(O)O)CCCC34)CC2)C1. The molecule has 0 aromatic rings. The number of rotatable bonds is 4. The summed E-state index contributed by atoms with van der Waals surface area (Å²) < 4.78 is 0. The molecule has 1 amide bonds. The van der Waals surface area contributed by atoms with Gasteiger partial charge < -0.3 is 26.0 Å². The third-order valence-corrected chi connectivity index (χ3v) is 8.72. The minimum Gasteiger partial charge on any atom is -0.427 e. The second-order valence-electron chi connectivity index (χ2n) is 10.2. The van der Waals surface area contributed by atoms with E-state index in [9.17, 15) is 14.8 Å². The van der Waals surface area contributed by atoms with Gasteiger partial charge in [-0.2, -0.15) is 0 Å². The highest BCUT2D eigenvalue weighted by Crippen LogP contribution is 2.43. The van der Waals surface area contributed by atoms with E-state index in [1.807, 2.05) is 0 Å². The first-order valence-corrected chi connectivity index (χ1v) is 12.2. The van der Waals surface area contributed by atoms with Crippen molar-refractivity contribution in [1.29, 1.82) is 0 Å². The molecule has 4 fully saturated rings. The Labute approximate surface area is 176 Å². The number of hydrogen-bond donors (Lipinski definition) is 4. The zero-order chi connectivity index (χ0) is 20.4. The normalized spacial score (nSPS) is 39.1. The van der Waals surface area contributed by atoms with Gasteiger partial charge in [0.15, 0.2) is 0 Å². The Hall–Kier alpha value is -0.625. The zero-order valence-corrected chi connectivity index (χ0v) is 17.8. The van der Waals surface area contributed by atoms with Gasteiger partial charge in [0, 0.05) is 30.9 Å². The van der Waals surface area contributed by atoms with E-state index in [0.717, 1.165) is 76.5 Å². The zero-order valence-electron chi connectivity index (χ0n) is 17.8. The van der Waals surface area contributed by atoms with Crippen molar-refractivity contribution in [3.8, 4) is 0 Å². The van der Waals surface area contributed by atoms with Crippen LogP contribution in [0.2, 0.25) is 5.82 Å². The van der Waals surface area contributed by atoms with E-state index >= 15 is 0 Å². The first-order chi connectivity index (χ1) is 14.1. The molecule has 0 aromatic heterocycles. The second kappa shape index (κ2) is 9.67. The summed E-state index contributed by atoms with van der Waals surface area (Å²) in [4.78, 5) is 15.6. The van der Waals surface area contributed by atoms with Crippen molar-refractivity contribution >= 4 is 13.0 Å². The van der Waals surface area contributed by atoms with Gasteiger partial charge in [-0.3, -0.25) is 4.79 Å². The molecule has 6 unspecified atom stereocenters. The van der Waals surface area contributed by atoms with Crippen LogP contribution < -0.4 is 11.1 Å². The van der Waals surface area contributed by atoms with Gasteiger partial charge in [-0.15, -0.1) is 0 Å². The van der Waals surface area contributed by atoms with Crippen LogP contribution in [-0.2, 0) is 4.79 Å². The Morgan fingerprint density at radius 3 is 2.48 bits per heavy atom. The van der Waals surface area contributed by atoms with Crippen molar-refractivity contribution in [1.82, 2.24) is 10.2 Å². The summed E-state index contributed by atoms with van der Waals surface area (Å²) in [6, 6.07) is 0.0689. The molecule has 6 nitrogen and oxygen atoms in total. The van der Waals surface area contributed by atoms with Gasteiger partial charge >= 0.3 is 7.12 Å². The fourth-order valence-electron chi connectivity index (χ4n) is 7.08. The number of carbonyl (C=O) groups is 1. The lowest BCUT2D eigenvalue weighted by Crippen LogP contribution is -2.57. The highest BCUT2D eigenvalue weighted by atomic mass is 16.4. The minimum absolute atomic E-state index is 0.0515. The third kappa shape index (κ3) is 4.68. The number of amides is 1. The van der Waals surface area contributed by atoms with Crippen LogP contribution in [0.4, 0.5) is 0 Å². The molecule has 29 heavy (non-hydrogen) atoms. The summed E-state index contributed by atoms with van der Waals surface area (Å²) in [5, 5.41) is 23.1. The summed E-state index contributed by atoms with van der Waals surface area (Å²) in [6.45, 7) is 3.44. The van der Waals surface area contributed by atoms with Gasteiger partial charge in [-0.1, -0.05) is 25.7 Å². The summed E-state index contributed by atoms with van der Waals surface area (Å²) in [5.74, 6) is 2.77. The molecule has 2 aliphatic heterocycles. The first-order valence-electron chi connectivity index (χ1n) is 12.2. The van der Waals surface area contributed by atoms with Crippen molar-refractivity contribution in [3.05, 3.63) is 0 Å². The quantitative estimate of drug-likeness (QED) is 0.533. The standard InChI is InChI=1S/C22H40BN3O3/c24-14-15-3-1-4-17(13-15)16-8-11-26(12-9-16)22(27)19-7-10-25-21-18(19)5-2-6-20(21)23(28)29/h15-21,25,28-29H,1-14,24H2. The molecule has 2 heterocycles. The minimum atomic E-state index is -1.28. The third-order valence-electron chi connectivity index (χ3n) is 8.72. The number of hydrogen-bond acceptors (Lipinski definition) is 5. The molecule has 5 N–H and O–H groups in total. The Morgan fingerprint density at radius 2 is 1.76 bits per heavy atom. The van der Waals surface area contributed by atoms with Crippen LogP contribution >= 0.6 is 0 Å². The van der Waals surface area contributed by atoms with Gasteiger partial charge in [0.2, 0.25) is 5.91 Å². The highest BCUT2D eigenvalue weighted by molar-refractivity contribution is 6.43. The lowest BCUT2D eigenvalue weighted by atomic mass is 9.56. The fraction of sp³-hybridized carbons (Fsp3) is 0.955. The van der Waals surface area contributed by atoms with E-state index in [-0.39, 0.29) is 23.7 Å². The van der Waals surface area contributed by atoms with E-state index in [1.54, 1.807) is 0 Å². The van der Waals surface area contributed by atoms with Gasteiger partial charge in [0.1, 0.15) is 0 Å². The van der Waals surface area contributed by atoms with Gasteiger partial charge in [0.25, 0.3) is 0 Å². The first kappa shape index (κ1) is 21.6. The van der Waals surface area contributed by atoms with Crippen molar-refractivity contribution < 1.29 is 14.8 Å². The molecular weight excluding hydrogens is 365 g/mol. The summed E-state index contributed by atoms with van der Waals surface area (Å²) >= 11 is 0. The van der Waals surface area contributed by atoms with Crippen molar-refractivity contribution in [3.63, 3.8) is 0 Å². The largest absolute Gasteiger partial charge is 0.456 e. The van der Waals surface area contributed by atoms with E-state index < -0.39 is 7.12 Å². The molecule has 6 atom stereocenters. The molecule has 2 aliphatic carbocycles. The van der Waals surface area contributed by atoms with E-state index in [1.165, 1.54) is 25.7 Å². The average molecular weight is 405 g/mol. The van der Waals surface area contributed by atoms with E-state index in [4.69, 9.17) is 5.73 Å². The lowest BCUT2D eigenvalue weighted by molar-refractivity contribution is -0.141. The van der Waals surface area contributed by atoms with Gasteiger partial charge in [-0.25, -0.2) is 0 Å². The molecule has 2 saturated carbocycles. The maximum Gasteiger partial charge on any atom is 0.456 e. The van der Waals surface area contributed by atoms with Gasteiger partial charge in [-0.05, 0) is 75.3 Å². The van der Waals surface area contributed by atoms with Crippen LogP contribution in [0.5, 0.6) is 0 Å². The number of likely N-dealkylation sites (tertiary alicyclic amines) is 1. The predicted molar refractivity (Wildman–Crippen MR) is 115 cm³/mol. The predicted octanol–water partition coefficient (Wildman–Crippen LogP) is 1.61. The van der Waals surface area contributed by atoms with Crippen molar-refractivity contribution in [2.24, 2.45) is 35.3 Å². The fourth-order valence-corrected chi connectivity index (χ4v) is 7.08. The number of nitrogens with one attached hydrogen (secondary N) is 1. The monoisotopic (exact) mass is 405 g/mol. The number of fused-ring (bicyclic) bond motifs is 1. The molecular formula is C22H40BN3O3. The Bertz CT molecular complexity index is 555. The van der Waals surface area contributed by atoms with E-state index in [0.29, 0.717) is 11.8 Å². The average Bonchev–Trinajstić information content (AvgIpc) is 2.77. The molecule has 4 rings (SSSR count). The smallest absolute Gasteiger partial charge is 0.427 e. The molecule has 0 radical (unpaired) electrons. The number of piperidine rings is 2. The molecule has 164 valence electrons. The molecule has 0 aromatic carbocycles. The second-order valence-corrected chi connectivity index (χ2v) is 10.2. The summed E-state index contributed by atoms with van der Waals surface area (Å²) in [7, 11) is -1.28. The maximum atomic E-state index is 13.4. The maximum absolute atomic E-state index is 13.4. The number of nitrogens with two attached hydrogens (primary N) is 1. The van der Waals surface area contributed by atoms with Crippen LogP contribution in [-0.4, -0.2) is 60.2 Å².